The fraction of sp³-hybridized carbons (Fsp3) is 0.812. The predicted molar refractivity (Wildman–Crippen MR) is 83.2 cm³/mol. The molecule has 1 aliphatic carbocycles. The minimum atomic E-state index is -0.698. The van der Waals surface area contributed by atoms with E-state index in [4.69, 9.17) is 4.74 Å². The molecule has 21 heavy (non-hydrogen) atoms. The summed E-state index contributed by atoms with van der Waals surface area (Å²) in [6.45, 7) is 12.3. The number of aliphatic hydroxyl groups is 1. The molecular formula is C16H29N3O2. The molecule has 1 heterocycles. The second kappa shape index (κ2) is 5.71. The van der Waals surface area contributed by atoms with Crippen LogP contribution in [0, 0.1) is 19.3 Å². The summed E-state index contributed by atoms with van der Waals surface area (Å²) in [5.41, 5.74) is 2.53. The van der Waals surface area contributed by atoms with Crippen molar-refractivity contribution in [3.05, 3.63) is 17.0 Å². The van der Waals surface area contributed by atoms with Gasteiger partial charge < -0.3 is 15.2 Å². The van der Waals surface area contributed by atoms with Gasteiger partial charge in [-0.05, 0) is 20.8 Å². The van der Waals surface area contributed by atoms with Gasteiger partial charge in [-0.2, -0.15) is 5.10 Å². The summed E-state index contributed by atoms with van der Waals surface area (Å²) >= 11 is 0. The number of hydrogen-bond donors (Lipinski definition) is 2. The lowest BCUT2D eigenvalue weighted by atomic mass is 9.56. The first-order valence-corrected chi connectivity index (χ1v) is 7.76. The second-order valence-electron chi connectivity index (χ2n) is 6.78. The molecular weight excluding hydrogens is 266 g/mol. The zero-order valence-electron chi connectivity index (χ0n) is 14.2. The zero-order valence-corrected chi connectivity index (χ0v) is 14.2. The van der Waals surface area contributed by atoms with Crippen LogP contribution in [0.1, 0.15) is 44.1 Å². The summed E-state index contributed by atoms with van der Waals surface area (Å²) in [4.78, 5) is 0. The van der Waals surface area contributed by atoms with Crippen LogP contribution < -0.4 is 5.32 Å². The number of aryl methyl sites for hydroxylation is 2. The van der Waals surface area contributed by atoms with Crippen LogP contribution in [0.15, 0.2) is 0 Å². The van der Waals surface area contributed by atoms with Gasteiger partial charge in [0, 0.05) is 49.8 Å². The minimum absolute atomic E-state index is 0.149. The maximum atomic E-state index is 10.8. The molecule has 5 nitrogen and oxygen atoms in total. The molecule has 0 aliphatic heterocycles. The van der Waals surface area contributed by atoms with E-state index in [0.717, 1.165) is 12.2 Å². The van der Waals surface area contributed by atoms with Crippen molar-refractivity contribution in [2.75, 3.05) is 13.2 Å². The highest BCUT2D eigenvalue weighted by Crippen LogP contribution is 2.50. The summed E-state index contributed by atoms with van der Waals surface area (Å²) in [5.74, 6) is 0. The number of ether oxygens (including phenoxy) is 1. The first kappa shape index (κ1) is 16.5. The van der Waals surface area contributed by atoms with Crippen molar-refractivity contribution in [3.63, 3.8) is 0 Å². The van der Waals surface area contributed by atoms with Gasteiger partial charge in [-0.1, -0.05) is 13.8 Å². The molecule has 0 bridgehead atoms. The normalized spacial score (nSPS) is 27.7. The summed E-state index contributed by atoms with van der Waals surface area (Å²) < 4.78 is 7.60. The fourth-order valence-electron chi connectivity index (χ4n) is 3.23. The maximum absolute atomic E-state index is 10.8. The standard InChI is InChI=1S/C16H29N3O2/c1-7-21-14-8-16(20,15(14,4)5)10-17-9-13-11(2)18-19(6)12(13)3/h14,17,20H,7-10H2,1-6H3/t14-,16+/m1/s1. The van der Waals surface area contributed by atoms with Crippen molar-refractivity contribution < 1.29 is 9.84 Å². The van der Waals surface area contributed by atoms with Crippen LogP contribution in [0.5, 0.6) is 0 Å². The fourth-order valence-corrected chi connectivity index (χ4v) is 3.23. The molecule has 2 rings (SSSR count). The van der Waals surface area contributed by atoms with Gasteiger partial charge in [-0.3, -0.25) is 4.68 Å². The van der Waals surface area contributed by atoms with Gasteiger partial charge in [0.1, 0.15) is 0 Å². The third-order valence-corrected chi connectivity index (χ3v) is 5.27. The third kappa shape index (κ3) is 2.74. The summed E-state index contributed by atoms with van der Waals surface area (Å²) in [5, 5.41) is 18.6. The number of nitrogens with zero attached hydrogens (tertiary/aromatic N) is 2. The zero-order chi connectivity index (χ0) is 15.8. The molecule has 0 amide bonds. The lowest BCUT2D eigenvalue weighted by Crippen LogP contribution is -2.68. The van der Waals surface area contributed by atoms with Crippen LogP contribution in [-0.2, 0) is 18.3 Å². The molecule has 5 heteroatoms. The first-order chi connectivity index (χ1) is 9.73. The Labute approximate surface area is 127 Å². The van der Waals surface area contributed by atoms with Crippen LogP contribution in [-0.4, -0.2) is 39.7 Å². The Hall–Kier alpha value is -0.910. The van der Waals surface area contributed by atoms with E-state index in [1.807, 2.05) is 25.6 Å². The summed E-state index contributed by atoms with van der Waals surface area (Å²) in [6.07, 6.45) is 0.849. The SMILES string of the molecule is CCO[C@@H]1C[C@](O)(CNCc2c(C)nn(C)c2C)C1(C)C. The molecule has 1 aromatic heterocycles. The molecule has 0 aromatic carbocycles. The molecule has 0 radical (unpaired) electrons. The van der Waals surface area contributed by atoms with Crippen molar-refractivity contribution in [2.45, 2.75) is 59.3 Å². The van der Waals surface area contributed by atoms with Crippen LogP contribution >= 0.6 is 0 Å². The highest BCUT2D eigenvalue weighted by molar-refractivity contribution is 5.24. The molecule has 0 spiro atoms. The molecule has 0 unspecified atom stereocenters. The molecule has 1 fully saturated rings. The van der Waals surface area contributed by atoms with Crippen molar-refractivity contribution >= 4 is 0 Å². The maximum Gasteiger partial charge on any atom is 0.0871 e. The summed E-state index contributed by atoms with van der Waals surface area (Å²) in [7, 11) is 1.96. The number of hydrogen-bond acceptors (Lipinski definition) is 4. The Morgan fingerprint density at radius 3 is 2.57 bits per heavy atom. The van der Waals surface area contributed by atoms with Gasteiger partial charge in [0.2, 0.25) is 0 Å². The van der Waals surface area contributed by atoms with E-state index in [1.165, 1.54) is 11.3 Å². The monoisotopic (exact) mass is 295 g/mol. The van der Waals surface area contributed by atoms with E-state index in [2.05, 4.69) is 31.2 Å². The van der Waals surface area contributed by atoms with Gasteiger partial charge in [0.05, 0.1) is 17.4 Å². The Balaban J connectivity index is 1.92. The summed E-state index contributed by atoms with van der Waals surface area (Å²) in [6, 6.07) is 0. The van der Waals surface area contributed by atoms with Crippen molar-refractivity contribution in [2.24, 2.45) is 12.5 Å². The Morgan fingerprint density at radius 1 is 1.43 bits per heavy atom. The quantitative estimate of drug-likeness (QED) is 0.838. The average molecular weight is 295 g/mol. The molecule has 0 saturated heterocycles. The predicted octanol–water partition coefficient (Wildman–Crippen LogP) is 1.69. The largest absolute Gasteiger partial charge is 0.388 e. The average Bonchev–Trinajstić information content (AvgIpc) is 2.65. The van der Waals surface area contributed by atoms with E-state index in [9.17, 15) is 5.11 Å². The van der Waals surface area contributed by atoms with E-state index in [1.54, 1.807) is 0 Å². The molecule has 1 aliphatic rings. The smallest absolute Gasteiger partial charge is 0.0871 e. The Bertz CT molecular complexity index is 510. The number of rotatable bonds is 6. The highest BCUT2D eigenvalue weighted by Gasteiger charge is 2.59. The number of aromatic nitrogens is 2. The second-order valence-corrected chi connectivity index (χ2v) is 6.78. The lowest BCUT2D eigenvalue weighted by Gasteiger charge is -2.58. The Kier molecular flexibility index (Phi) is 4.47. The lowest BCUT2D eigenvalue weighted by molar-refractivity contribution is -0.238. The van der Waals surface area contributed by atoms with E-state index in [-0.39, 0.29) is 11.5 Å². The van der Waals surface area contributed by atoms with Gasteiger partial charge in [-0.25, -0.2) is 0 Å². The van der Waals surface area contributed by atoms with Gasteiger partial charge in [0.25, 0.3) is 0 Å². The first-order valence-electron chi connectivity index (χ1n) is 7.76. The van der Waals surface area contributed by atoms with Crippen LogP contribution in [0.2, 0.25) is 0 Å². The topological polar surface area (TPSA) is 59.3 Å². The molecule has 2 N–H and O–H groups in total. The van der Waals surface area contributed by atoms with Crippen molar-refractivity contribution in [1.82, 2.24) is 15.1 Å². The molecule has 2 atom stereocenters. The molecule has 1 saturated carbocycles. The Morgan fingerprint density at radius 2 is 2.10 bits per heavy atom. The number of nitrogens with one attached hydrogen (secondary N) is 1. The van der Waals surface area contributed by atoms with Crippen LogP contribution in [0.25, 0.3) is 0 Å². The highest BCUT2D eigenvalue weighted by atomic mass is 16.5. The van der Waals surface area contributed by atoms with E-state index < -0.39 is 5.60 Å². The van der Waals surface area contributed by atoms with Gasteiger partial charge in [-0.15, -0.1) is 0 Å². The molecule has 1 aromatic rings. The van der Waals surface area contributed by atoms with E-state index >= 15 is 0 Å². The molecule has 120 valence electrons. The van der Waals surface area contributed by atoms with Crippen LogP contribution in [0.4, 0.5) is 0 Å². The minimum Gasteiger partial charge on any atom is -0.388 e. The van der Waals surface area contributed by atoms with Crippen molar-refractivity contribution in [3.8, 4) is 0 Å². The van der Waals surface area contributed by atoms with Gasteiger partial charge in [0.15, 0.2) is 0 Å². The van der Waals surface area contributed by atoms with Crippen molar-refractivity contribution in [1.29, 1.82) is 0 Å². The third-order valence-electron chi connectivity index (χ3n) is 5.27. The van der Waals surface area contributed by atoms with Gasteiger partial charge >= 0.3 is 0 Å². The van der Waals surface area contributed by atoms with E-state index in [0.29, 0.717) is 19.6 Å². The van der Waals surface area contributed by atoms with Crippen LogP contribution in [0.3, 0.4) is 0 Å².